The minimum atomic E-state index is -3.74. The molecule has 0 aliphatic rings. The molecule has 142 valence electrons. The molecule has 0 radical (unpaired) electrons. The SMILES string of the molecule is COCCCNc1ccc(NS(=O)(=O)c2cc(C)c(C)cc2OC)cc1. The number of aryl methyl sites for hydroxylation is 2. The molecule has 0 heterocycles. The molecule has 0 saturated carbocycles. The van der Waals surface area contributed by atoms with Gasteiger partial charge in [0.1, 0.15) is 10.6 Å². The summed E-state index contributed by atoms with van der Waals surface area (Å²) < 4.78 is 38.4. The van der Waals surface area contributed by atoms with Crippen LogP contribution in [0, 0.1) is 13.8 Å². The van der Waals surface area contributed by atoms with Crippen LogP contribution in [0.3, 0.4) is 0 Å². The molecule has 0 aliphatic heterocycles. The van der Waals surface area contributed by atoms with Crippen LogP contribution in [-0.2, 0) is 14.8 Å². The molecule has 0 fully saturated rings. The Morgan fingerprint density at radius 2 is 1.58 bits per heavy atom. The smallest absolute Gasteiger partial charge is 0.265 e. The summed E-state index contributed by atoms with van der Waals surface area (Å²) in [4.78, 5) is 0.130. The van der Waals surface area contributed by atoms with E-state index >= 15 is 0 Å². The van der Waals surface area contributed by atoms with E-state index in [9.17, 15) is 8.42 Å². The topological polar surface area (TPSA) is 76.7 Å². The maximum absolute atomic E-state index is 12.8. The van der Waals surface area contributed by atoms with Crippen LogP contribution in [0.5, 0.6) is 5.75 Å². The monoisotopic (exact) mass is 378 g/mol. The van der Waals surface area contributed by atoms with Crippen molar-refractivity contribution in [1.82, 2.24) is 0 Å². The molecule has 0 unspecified atom stereocenters. The molecule has 2 aromatic rings. The fraction of sp³-hybridized carbons (Fsp3) is 0.368. The molecule has 0 atom stereocenters. The highest BCUT2D eigenvalue weighted by molar-refractivity contribution is 7.92. The van der Waals surface area contributed by atoms with Gasteiger partial charge in [-0.1, -0.05) is 0 Å². The van der Waals surface area contributed by atoms with Crippen molar-refractivity contribution in [2.24, 2.45) is 0 Å². The zero-order valence-corrected chi connectivity index (χ0v) is 16.4. The van der Waals surface area contributed by atoms with Gasteiger partial charge in [-0.2, -0.15) is 0 Å². The van der Waals surface area contributed by atoms with Crippen molar-refractivity contribution in [3.63, 3.8) is 0 Å². The molecule has 0 aliphatic carbocycles. The van der Waals surface area contributed by atoms with Crippen molar-refractivity contribution in [2.75, 3.05) is 37.4 Å². The van der Waals surface area contributed by atoms with Gasteiger partial charge in [-0.3, -0.25) is 4.72 Å². The van der Waals surface area contributed by atoms with E-state index in [0.29, 0.717) is 18.0 Å². The van der Waals surface area contributed by atoms with Gasteiger partial charge in [0.25, 0.3) is 10.0 Å². The summed E-state index contributed by atoms with van der Waals surface area (Å²) >= 11 is 0. The Morgan fingerprint density at radius 1 is 0.962 bits per heavy atom. The van der Waals surface area contributed by atoms with Crippen molar-refractivity contribution in [3.05, 3.63) is 47.5 Å². The number of rotatable bonds is 9. The number of sulfonamides is 1. The summed E-state index contributed by atoms with van der Waals surface area (Å²) in [5.74, 6) is 0.331. The van der Waals surface area contributed by atoms with E-state index in [0.717, 1.165) is 29.8 Å². The largest absolute Gasteiger partial charge is 0.495 e. The van der Waals surface area contributed by atoms with Gasteiger partial charge in [0, 0.05) is 31.6 Å². The normalized spacial score (nSPS) is 11.2. The van der Waals surface area contributed by atoms with E-state index < -0.39 is 10.0 Å². The van der Waals surface area contributed by atoms with Gasteiger partial charge in [-0.05, 0) is 67.8 Å². The predicted octanol–water partition coefficient (Wildman–Crippen LogP) is 3.56. The second-order valence-electron chi connectivity index (χ2n) is 6.04. The molecule has 26 heavy (non-hydrogen) atoms. The Kier molecular flexibility index (Phi) is 6.88. The van der Waals surface area contributed by atoms with Crippen LogP contribution in [0.25, 0.3) is 0 Å². The van der Waals surface area contributed by atoms with E-state index in [1.54, 1.807) is 31.4 Å². The molecule has 6 nitrogen and oxygen atoms in total. The quantitative estimate of drug-likeness (QED) is 0.653. The van der Waals surface area contributed by atoms with Crippen molar-refractivity contribution >= 4 is 21.4 Å². The molecule has 0 aromatic heterocycles. The van der Waals surface area contributed by atoms with Crippen LogP contribution in [0.4, 0.5) is 11.4 Å². The lowest BCUT2D eigenvalue weighted by Crippen LogP contribution is -2.14. The summed E-state index contributed by atoms with van der Waals surface area (Å²) in [5.41, 5.74) is 3.28. The number of nitrogens with one attached hydrogen (secondary N) is 2. The number of methoxy groups -OCH3 is 2. The lowest BCUT2D eigenvalue weighted by atomic mass is 10.1. The zero-order valence-electron chi connectivity index (χ0n) is 15.6. The van der Waals surface area contributed by atoms with E-state index in [1.165, 1.54) is 7.11 Å². The van der Waals surface area contributed by atoms with Crippen molar-refractivity contribution in [2.45, 2.75) is 25.2 Å². The molecule has 2 N–H and O–H groups in total. The number of hydrogen-bond acceptors (Lipinski definition) is 5. The Morgan fingerprint density at radius 3 is 2.19 bits per heavy atom. The van der Waals surface area contributed by atoms with Crippen molar-refractivity contribution in [1.29, 1.82) is 0 Å². The van der Waals surface area contributed by atoms with Gasteiger partial charge < -0.3 is 14.8 Å². The Balaban J connectivity index is 2.13. The predicted molar refractivity (Wildman–Crippen MR) is 105 cm³/mol. The maximum atomic E-state index is 12.8. The molecule has 2 aromatic carbocycles. The first-order valence-electron chi connectivity index (χ1n) is 8.38. The third kappa shape index (κ3) is 5.12. The van der Waals surface area contributed by atoms with E-state index in [2.05, 4.69) is 10.0 Å². The van der Waals surface area contributed by atoms with Crippen LogP contribution in [0.1, 0.15) is 17.5 Å². The summed E-state index contributed by atoms with van der Waals surface area (Å²) in [6, 6.07) is 10.5. The van der Waals surface area contributed by atoms with Gasteiger partial charge in [-0.25, -0.2) is 8.42 Å². The first-order valence-corrected chi connectivity index (χ1v) is 9.86. The fourth-order valence-electron chi connectivity index (χ4n) is 2.45. The molecule has 0 bridgehead atoms. The van der Waals surface area contributed by atoms with Gasteiger partial charge in [0.2, 0.25) is 0 Å². The van der Waals surface area contributed by atoms with Gasteiger partial charge in [-0.15, -0.1) is 0 Å². The van der Waals surface area contributed by atoms with Crippen molar-refractivity contribution in [3.8, 4) is 5.75 Å². The van der Waals surface area contributed by atoms with Crippen LogP contribution in [-0.4, -0.2) is 35.8 Å². The van der Waals surface area contributed by atoms with Gasteiger partial charge in [0.15, 0.2) is 0 Å². The number of benzene rings is 2. The lowest BCUT2D eigenvalue weighted by Gasteiger charge is -2.14. The minimum Gasteiger partial charge on any atom is -0.495 e. The average molecular weight is 378 g/mol. The Bertz CT molecular complexity index is 833. The van der Waals surface area contributed by atoms with E-state index in [4.69, 9.17) is 9.47 Å². The zero-order chi connectivity index (χ0) is 19.2. The summed E-state index contributed by atoms with van der Waals surface area (Å²) in [6.07, 6.45) is 0.900. The summed E-state index contributed by atoms with van der Waals surface area (Å²) in [7, 11) is -0.607. The Labute approximate surface area is 155 Å². The molecule has 0 saturated heterocycles. The first-order chi connectivity index (χ1) is 12.4. The second kappa shape index (κ2) is 8.91. The third-order valence-corrected chi connectivity index (χ3v) is 5.46. The molecule has 0 spiro atoms. The fourth-order valence-corrected chi connectivity index (χ4v) is 3.74. The minimum absolute atomic E-state index is 0.130. The standard InChI is InChI=1S/C19H26N2O4S/c1-14-12-18(25-4)19(13-15(14)2)26(22,23)21-17-8-6-16(7-9-17)20-10-5-11-24-3/h6-9,12-13,20-21H,5,10-11H2,1-4H3. The number of ether oxygens (including phenoxy) is 2. The number of hydrogen-bond donors (Lipinski definition) is 2. The van der Waals surface area contributed by atoms with Crippen LogP contribution in [0.2, 0.25) is 0 Å². The summed E-state index contributed by atoms with van der Waals surface area (Å²) in [5, 5.41) is 3.26. The molecule has 7 heteroatoms. The number of anilines is 2. The van der Waals surface area contributed by atoms with Crippen LogP contribution >= 0.6 is 0 Å². The van der Waals surface area contributed by atoms with Gasteiger partial charge in [0.05, 0.1) is 7.11 Å². The molecular formula is C19H26N2O4S. The molecule has 2 rings (SSSR count). The van der Waals surface area contributed by atoms with E-state index in [1.807, 2.05) is 26.0 Å². The maximum Gasteiger partial charge on any atom is 0.265 e. The highest BCUT2D eigenvalue weighted by Crippen LogP contribution is 2.29. The van der Waals surface area contributed by atoms with E-state index in [-0.39, 0.29) is 4.90 Å². The van der Waals surface area contributed by atoms with Crippen LogP contribution in [0.15, 0.2) is 41.3 Å². The summed E-state index contributed by atoms with van der Waals surface area (Å²) in [6.45, 7) is 5.28. The van der Waals surface area contributed by atoms with Crippen LogP contribution < -0.4 is 14.8 Å². The van der Waals surface area contributed by atoms with Crippen molar-refractivity contribution < 1.29 is 17.9 Å². The molecular weight excluding hydrogens is 352 g/mol. The average Bonchev–Trinajstić information content (AvgIpc) is 2.61. The highest BCUT2D eigenvalue weighted by atomic mass is 32.2. The third-order valence-electron chi connectivity index (χ3n) is 4.06. The lowest BCUT2D eigenvalue weighted by molar-refractivity contribution is 0.198. The molecule has 0 amide bonds. The first kappa shape index (κ1) is 20.1. The second-order valence-corrected chi connectivity index (χ2v) is 7.69. The highest BCUT2D eigenvalue weighted by Gasteiger charge is 2.20. The van der Waals surface area contributed by atoms with Gasteiger partial charge >= 0.3 is 0 Å². The Hall–Kier alpha value is -2.25.